The quantitative estimate of drug-likeness (QED) is 0.204. The van der Waals surface area contributed by atoms with E-state index in [1.165, 1.54) is 13.2 Å². The molecule has 4 N–H and O–H groups in total. The predicted molar refractivity (Wildman–Crippen MR) is 142 cm³/mol. The van der Waals surface area contributed by atoms with Crippen LogP contribution in [0.3, 0.4) is 0 Å². The van der Waals surface area contributed by atoms with Crippen molar-refractivity contribution in [1.82, 2.24) is 15.3 Å². The number of hydrogen-bond donors (Lipinski definition) is 4. The summed E-state index contributed by atoms with van der Waals surface area (Å²) in [5, 5.41) is 20.4. The fourth-order valence-electron chi connectivity index (χ4n) is 4.29. The summed E-state index contributed by atoms with van der Waals surface area (Å²) in [4.78, 5) is 43.1. The summed E-state index contributed by atoms with van der Waals surface area (Å²) >= 11 is 0. The van der Waals surface area contributed by atoms with Crippen LogP contribution in [0.5, 0.6) is 5.75 Å². The molecule has 0 aliphatic carbocycles. The predicted octanol–water partition coefficient (Wildman–Crippen LogP) is 4.20. The maximum Gasteiger partial charge on any atom is 0.310 e. The van der Waals surface area contributed by atoms with E-state index in [1.807, 2.05) is 6.07 Å². The van der Waals surface area contributed by atoms with Crippen molar-refractivity contribution in [3.63, 3.8) is 0 Å². The van der Waals surface area contributed by atoms with Crippen LogP contribution in [0.2, 0.25) is 0 Å². The number of nitro benzene ring substituents is 1. The van der Waals surface area contributed by atoms with Crippen molar-refractivity contribution >= 4 is 34.6 Å². The number of aromatic amines is 1. The van der Waals surface area contributed by atoms with Gasteiger partial charge in [-0.25, -0.2) is 4.98 Å². The molecule has 0 saturated heterocycles. The fourth-order valence-corrected chi connectivity index (χ4v) is 4.29. The van der Waals surface area contributed by atoms with Crippen LogP contribution in [0.15, 0.2) is 67.1 Å². The van der Waals surface area contributed by atoms with Crippen LogP contribution < -0.4 is 20.7 Å². The Balaban J connectivity index is 1.36. The van der Waals surface area contributed by atoms with Crippen LogP contribution in [0.4, 0.5) is 22.7 Å². The van der Waals surface area contributed by atoms with Gasteiger partial charge in [0.1, 0.15) is 0 Å². The van der Waals surface area contributed by atoms with E-state index < -0.39 is 4.92 Å². The molecule has 0 saturated carbocycles. The Morgan fingerprint density at radius 1 is 1.03 bits per heavy atom. The summed E-state index contributed by atoms with van der Waals surface area (Å²) in [7, 11) is 1.38. The summed E-state index contributed by atoms with van der Waals surface area (Å²) in [6, 6.07) is 15.3. The van der Waals surface area contributed by atoms with Gasteiger partial charge in [-0.2, -0.15) is 0 Å². The highest BCUT2D eigenvalue weighted by Gasteiger charge is 2.21. The van der Waals surface area contributed by atoms with E-state index in [-0.39, 0.29) is 29.7 Å². The van der Waals surface area contributed by atoms with Gasteiger partial charge in [0.25, 0.3) is 5.91 Å². The average Bonchev–Trinajstić information content (AvgIpc) is 3.38. The highest BCUT2D eigenvalue weighted by Crippen LogP contribution is 2.37. The van der Waals surface area contributed by atoms with Crippen molar-refractivity contribution < 1.29 is 19.2 Å². The first-order valence-corrected chi connectivity index (χ1v) is 11.8. The van der Waals surface area contributed by atoms with Crippen molar-refractivity contribution in [3.8, 4) is 16.9 Å². The molecule has 11 nitrogen and oxygen atoms in total. The largest absolute Gasteiger partial charge is 0.490 e. The lowest BCUT2D eigenvalue weighted by atomic mass is 10.0. The molecule has 4 aromatic rings. The number of fused-ring (bicyclic) bond motifs is 2. The number of hydrogen-bond acceptors (Lipinski definition) is 7. The van der Waals surface area contributed by atoms with E-state index in [9.17, 15) is 19.7 Å². The lowest BCUT2D eigenvalue weighted by Crippen LogP contribution is -2.27. The highest BCUT2D eigenvalue weighted by molar-refractivity contribution is 6.12. The summed E-state index contributed by atoms with van der Waals surface area (Å²) in [6.07, 6.45) is 4.20. The maximum atomic E-state index is 12.9. The van der Waals surface area contributed by atoms with Crippen molar-refractivity contribution in [2.24, 2.45) is 0 Å². The molecule has 5 rings (SSSR count). The van der Waals surface area contributed by atoms with Gasteiger partial charge in [-0.3, -0.25) is 19.7 Å². The second-order valence-electron chi connectivity index (χ2n) is 8.70. The number of rotatable bonds is 8. The number of methoxy groups -OCH3 is 1. The van der Waals surface area contributed by atoms with Gasteiger partial charge >= 0.3 is 5.69 Å². The number of anilines is 3. The van der Waals surface area contributed by atoms with Gasteiger partial charge < -0.3 is 25.7 Å². The molecule has 1 aromatic heterocycles. The first kappa shape index (κ1) is 24.5. The standard InChI is InChI=1S/C27H24N6O5/c1-38-25-13-18(4-7-24(25)33(36)37)17-3-5-20-22(12-17)31-23-10-16(2-6-21(23)32-27(20)35)11-26(34)29-9-8-19-14-28-15-30-19/h2-7,10,12-15,31H,8-9,11H2,1H3,(H,28,30)(H,29,34)(H,32,35). The Kier molecular flexibility index (Phi) is 6.72. The summed E-state index contributed by atoms with van der Waals surface area (Å²) in [6.45, 7) is 0.479. The van der Waals surface area contributed by atoms with Crippen LogP contribution in [0, 0.1) is 10.1 Å². The second kappa shape index (κ2) is 10.4. The smallest absolute Gasteiger partial charge is 0.310 e. The maximum absolute atomic E-state index is 12.9. The molecular formula is C27H24N6O5. The number of H-pyrrole nitrogens is 1. The van der Waals surface area contributed by atoms with E-state index >= 15 is 0 Å². The second-order valence-corrected chi connectivity index (χ2v) is 8.70. The minimum atomic E-state index is -0.500. The number of carbonyl (C=O) groups excluding carboxylic acids is 2. The monoisotopic (exact) mass is 512 g/mol. The molecule has 0 atom stereocenters. The molecule has 3 aromatic carbocycles. The van der Waals surface area contributed by atoms with Gasteiger partial charge in [-0.05, 0) is 53.1 Å². The zero-order valence-electron chi connectivity index (χ0n) is 20.4. The number of nitro groups is 1. The van der Waals surface area contributed by atoms with Crippen LogP contribution in [-0.4, -0.2) is 40.4 Å². The third-order valence-electron chi connectivity index (χ3n) is 6.20. The van der Waals surface area contributed by atoms with E-state index in [2.05, 4.69) is 25.9 Å². The van der Waals surface area contributed by atoms with Crippen LogP contribution in [0.1, 0.15) is 21.6 Å². The number of benzene rings is 3. The molecule has 1 aliphatic rings. The van der Waals surface area contributed by atoms with Gasteiger partial charge in [0.2, 0.25) is 5.91 Å². The minimum absolute atomic E-state index is 0.118. The number of nitrogens with zero attached hydrogens (tertiary/aromatic N) is 2. The zero-order chi connectivity index (χ0) is 26.6. The van der Waals surface area contributed by atoms with Gasteiger partial charge in [-0.15, -0.1) is 0 Å². The third-order valence-corrected chi connectivity index (χ3v) is 6.20. The molecule has 2 amide bonds. The zero-order valence-corrected chi connectivity index (χ0v) is 20.4. The van der Waals surface area contributed by atoms with E-state index in [4.69, 9.17) is 4.74 Å². The Morgan fingerprint density at radius 3 is 2.61 bits per heavy atom. The van der Waals surface area contributed by atoms with E-state index in [0.29, 0.717) is 41.2 Å². The van der Waals surface area contributed by atoms with Crippen molar-refractivity contribution in [1.29, 1.82) is 0 Å². The highest BCUT2D eigenvalue weighted by atomic mass is 16.6. The fraction of sp³-hybridized carbons (Fsp3) is 0.148. The Hall–Kier alpha value is -5.19. The molecule has 0 radical (unpaired) electrons. The molecule has 0 spiro atoms. The number of aromatic nitrogens is 2. The Morgan fingerprint density at radius 2 is 1.84 bits per heavy atom. The van der Waals surface area contributed by atoms with Crippen molar-refractivity contribution in [2.45, 2.75) is 12.8 Å². The Bertz CT molecular complexity index is 1530. The minimum Gasteiger partial charge on any atom is -0.490 e. The molecule has 1 aliphatic heterocycles. The molecule has 38 heavy (non-hydrogen) atoms. The van der Waals surface area contributed by atoms with Gasteiger partial charge in [0.15, 0.2) is 5.75 Å². The molecule has 192 valence electrons. The number of carbonyl (C=O) groups is 2. The topological polar surface area (TPSA) is 151 Å². The number of amides is 2. The van der Waals surface area contributed by atoms with Crippen LogP contribution in [-0.2, 0) is 17.6 Å². The lowest BCUT2D eigenvalue weighted by Gasteiger charge is -2.12. The van der Waals surface area contributed by atoms with Crippen LogP contribution >= 0.6 is 0 Å². The Labute approximate surface area is 217 Å². The molecule has 0 unspecified atom stereocenters. The number of imidazole rings is 1. The van der Waals surface area contributed by atoms with Crippen molar-refractivity contribution in [3.05, 3.63) is 94.1 Å². The van der Waals surface area contributed by atoms with Crippen molar-refractivity contribution in [2.75, 3.05) is 24.3 Å². The lowest BCUT2D eigenvalue weighted by molar-refractivity contribution is -0.385. The molecule has 0 fully saturated rings. The summed E-state index contributed by atoms with van der Waals surface area (Å²) in [5.41, 5.74) is 5.21. The van der Waals surface area contributed by atoms with Gasteiger partial charge in [0.05, 0.1) is 53.1 Å². The van der Waals surface area contributed by atoms with Gasteiger partial charge in [-0.1, -0.05) is 12.1 Å². The number of nitrogens with one attached hydrogen (secondary N) is 4. The SMILES string of the molecule is COc1cc(-c2ccc3c(c2)Nc2cc(CC(=O)NCCc4c[nH]cn4)ccc2NC3=O)ccc1[N+](=O)[O-]. The summed E-state index contributed by atoms with van der Waals surface area (Å²) < 4.78 is 5.19. The average molecular weight is 513 g/mol. The first-order chi connectivity index (χ1) is 18.4. The normalized spacial score (nSPS) is 11.9. The number of ether oxygens (including phenoxy) is 1. The summed E-state index contributed by atoms with van der Waals surface area (Å²) in [5.74, 6) is -0.248. The first-order valence-electron chi connectivity index (χ1n) is 11.8. The molecular weight excluding hydrogens is 488 g/mol. The van der Waals surface area contributed by atoms with E-state index in [0.717, 1.165) is 16.8 Å². The molecule has 0 bridgehead atoms. The molecule has 11 heteroatoms. The van der Waals surface area contributed by atoms with Crippen LogP contribution in [0.25, 0.3) is 11.1 Å². The molecule has 2 heterocycles. The van der Waals surface area contributed by atoms with E-state index in [1.54, 1.807) is 55.0 Å². The third kappa shape index (κ3) is 5.16. The van der Waals surface area contributed by atoms with Gasteiger partial charge in [0, 0.05) is 25.2 Å².